The number of ether oxygens (including phenoxy) is 1. The highest BCUT2D eigenvalue weighted by Crippen LogP contribution is 2.07. The number of hydrogen-bond donors (Lipinski definition) is 2. The Morgan fingerprint density at radius 2 is 2.17 bits per heavy atom. The van der Waals surface area contributed by atoms with Crippen molar-refractivity contribution in [3.63, 3.8) is 0 Å². The first-order valence-corrected chi connectivity index (χ1v) is 6.56. The van der Waals surface area contributed by atoms with Gasteiger partial charge in [0.25, 0.3) is 0 Å². The smallest absolute Gasteiger partial charge is 0.245 e. The molecule has 1 aliphatic heterocycles. The minimum atomic E-state index is -0.489. The van der Waals surface area contributed by atoms with Crippen LogP contribution in [-0.2, 0) is 14.3 Å². The van der Waals surface area contributed by atoms with E-state index in [0.717, 1.165) is 13.0 Å². The van der Waals surface area contributed by atoms with E-state index < -0.39 is 6.04 Å². The highest BCUT2D eigenvalue weighted by atomic mass is 16.5. The van der Waals surface area contributed by atoms with Crippen molar-refractivity contribution in [1.29, 1.82) is 0 Å². The van der Waals surface area contributed by atoms with Crippen LogP contribution in [-0.4, -0.2) is 62.1 Å². The molecule has 6 heteroatoms. The molecule has 0 bridgehead atoms. The average molecular weight is 257 g/mol. The highest BCUT2D eigenvalue weighted by Gasteiger charge is 2.32. The molecule has 0 spiro atoms. The predicted octanol–water partition coefficient (Wildman–Crippen LogP) is -0.650. The van der Waals surface area contributed by atoms with Gasteiger partial charge in [-0.1, -0.05) is 13.8 Å². The fraction of sp³-hybridized carbons (Fsp3) is 0.833. The van der Waals surface area contributed by atoms with Gasteiger partial charge in [-0.25, -0.2) is 0 Å². The normalized spacial score (nSPS) is 19.7. The number of likely N-dealkylation sites (N-methyl/N-ethyl adjacent to an activating group) is 1. The van der Waals surface area contributed by atoms with Crippen LogP contribution in [0.2, 0.25) is 0 Å². The maximum Gasteiger partial charge on any atom is 0.245 e. The van der Waals surface area contributed by atoms with Gasteiger partial charge in [-0.05, 0) is 13.0 Å². The van der Waals surface area contributed by atoms with Crippen molar-refractivity contribution in [1.82, 2.24) is 15.5 Å². The zero-order chi connectivity index (χ0) is 13.4. The first-order valence-electron chi connectivity index (χ1n) is 6.56. The lowest BCUT2D eigenvalue weighted by atomic mass is 10.2. The Kier molecular flexibility index (Phi) is 6.67. The summed E-state index contributed by atoms with van der Waals surface area (Å²) in [6, 6.07) is -0.489. The van der Waals surface area contributed by atoms with E-state index in [1.54, 1.807) is 4.90 Å². The maximum absolute atomic E-state index is 12.0. The van der Waals surface area contributed by atoms with Crippen molar-refractivity contribution in [2.24, 2.45) is 0 Å². The first kappa shape index (κ1) is 14.9. The van der Waals surface area contributed by atoms with Crippen molar-refractivity contribution in [3.05, 3.63) is 0 Å². The van der Waals surface area contributed by atoms with Crippen molar-refractivity contribution in [2.45, 2.75) is 26.3 Å². The lowest BCUT2D eigenvalue weighted by molar-refractivity contribution is -0.147. The van der Waals surface area contributed by atoms with Gasteiger partial charge in [0.05, 0.1) is 19.8 Å². The van der Waals surface area contributed by atoms with Gasteiger partial charge in [-0.15, -0.1) is 0 Å². The Balaban J connectivity index is 2.55. The summed E-state index contributed by atoms with van der Waals surface area (Å²) in [7, 11) is 0. The average Bonchev–Trinajstić information content (AvgIpc) is 2.42. The van der Waals surface area contributed by atoms with E-state index in [1.807, 2.05) is 13.8 Å². The molecule has 1 heterocycles. The molecule has 2 amide bonds. The Morgan fingerprint density at radius 1 is 1.39 bits per heavy atom. The van der Waals surface area contributed by atoms with Crippen molar-refractivity contribution in [2.75, 3.05) is 39.4 Å². The minimum absolute atomic E-state index is 0.0446. The molecule has 6 nitrogen and oxygen atoms in total. The van der Waals surface area contributed by atoms with Gasteiger partial charge in [0, 0.05) is 13.1 Å². The van der Waals surface area contributed by atoms with E-state index in [4.69, 9.17) is 4.74 Å². The van der Waals surface area contributed by atoms with Crippen LogP contribution in [0.15, 0.2) is 0 Å². The van der Waals surface area contributed by atoms with E-state index in [9.17, 15) is 9.59 Å². The van der Waals surface area contributed by atoms with Gasteiger partial charge in [-0.2, -0.15) is 0 Å². The second kappa shape index (κ2) is 8.05. The number of rotatable bonds is 6. The molecule has 1 saturated heterocycles. The van der Waals surface area contributed by atoms with Gasteiger partial charge in [0.1, 0.15) is 6.04 Å². The summed E-state index contributed by atoms with van der Waals surface area (Å²) in [6.45, 7) is 6.84. The molecular weight excluding hydrogens is 234 g/mol. The molecular formula is C12H23N3O3. The number of morpholine rings is 1. The molecule has 0 aromatic heterocycles. The van der Waals surface area contributed by atoms with Gasteiger partial charge in [0.15, 0.2) is 0 Å². The van der Waals surface area contributed by atoms with Crippen LogP contribution < -0.4 is 10.6 Å². The second-order valence-corrected chi connectivity index (χ2v) is 4.25. The fourth-order valence-corrected chi connectivity index (χ4v) is 1.82. The Hall–Kier alpha value is -1.14. The number of carbonyl (C=O) groups excluding carboxylic acids is 2. The lowest BCUT2D eigenvalue weighted by Crippen LogP contribution is -2.57. The summed E-state index contributed by atoms with van der Waals surface area (Å²) in [5.74, 6) is -0.168. The summed E-state index contributed by atoms with van der Waals surface area (Å²) in [4.78, 5) is 25.5. The molecule has 1 fully saturated rings. The molecule has 0 aromatic carbocycles. The van der Waals surface area contributed by atoms with Crippen molar-refractivity contribution < 1.29 is 14.3 Å². The summed E-state index contributed by atoms with van der Waals surface area (Å²) >= 11 is 0. The third-order valence-electron chi connectivity index (χ3n) is 2.83. The predicted molar refractivity (Wildman–Crippen MR) is 68.2 cm³/mol. The molecule has 1 rings (SSSR count). The zero-order valence-electron chi connectivity index (χ0n) is 11.2. The summed E-state index contributed by atoms with van der Waals surface area (Å²) in [6.07, 6.45) is 0.880. The lowest BCUT2D eigenvalue weighted by Gasteiger charge is -2.34. The Morgan fingerprint density at radius 3 is 2.83 bits per heavy atom. The van der Waals surface area contributed by atoms with Gasteiger partial charge >= 0.3 is 0 Å². The molecule has 0 radical (unpaired) electrons. The molecule has 1 unspecified atom stereocenters. The first-order chi connectivity index (χ1) is 8.70. The molecule has 18 heavy (non-hydrogen) atoms. The van der Waals surface area contributed by atoms with Crippen LogP contribution in [0.4, 0.5) is 0 Å². The van der Waals surface area contributed by atoms with E-state index in [1.165, 1.54) is 0 Å². The van der Waals surface area contributed by atoms with Crippen molar-refractivity contribution >= 4 is 11.8 Å². The molecule has 1 aliphatic rings. The SMILES string of the molecule is CCCNC(=O)C1COCCN1C(=O)CNCC. The fourth-order valence-electron chi connectivity index (χ4n) is 1.82. The summed E-state index contributed by atoms with van der Waals surface area (Å²) in [5.41, 5.74) is 0. The topological polar surface area (TPSA) is 70.7 Å². The summed E-state index contributed by atoms with van der Waals surface area (Å²) in [5, 5.41) is 5.79. The van der Waals surface area contributed by atoms with Crippen LogP contribution >= 0.6 is 0 Å². The molecule has 2 N–H and O–H groups in total. The molecule has 1 atom stereocenters. The number of hydrogen-bond acceptors (Lipinski definition) is 4. The molecule has 0 saturated carbocycles. The van der Waals surface area contributed by atoms with E-state index >= 15 is 0 Å². The van der Waals surface area contributed by atoms with Crippen LogP contribution in [0.3, 0.4) is 0 Å². The maximum atomic E-state index is 12.0. The zero-order valence-corrected chi connectivity index (χ0v) is 11.2. The van der Waals surface area contributed by atoms with E-state index in [0.29, 0.717) is 19.7 Å². The van der Waals surface area contributed by atoms with E-state index in [-0.39, 0.29) is 25.0 Å². The monoisotopic (exact) mass is 257 g/mol. The van der Waals surface area contributed by atoms with E-state index in [2.05, 4.69) is 10.6 Å². The molecule has 104 valence electrons. The Bertz CT molecular complexity index is 256. The quantitative estimate of drug-likeness (QED) is 0.663. The van der Waals surface area contributed by atoms with Crippen LogP contribution in [0.5, 0.6) is 0 Å². The number of nitrogens with zero attached hydrogens (tertiary/aromatic N) is 1. The van der Waals surface area contributed by atoms with Crippen molar-refractivity contribution in [3.8, 4) is 0 Å². The number of amides is 2. The van der Waals surface area contributed by atoms with Gasteiger partial charge in [-0.3, -0.25) is 9.59 Å². The molecule has 0 aromatic rings. The third-order valence-corrected chi connectivity index (χ3v) is 2.83. The van der Waals surface area contributed by atoms with Gasteiger partial charge < -0.3 is 20.3 Å². The third kappa shape index (κ3) is 4.27. The number of carbonyl (C=O) groups is 2. The Labute approximate surface area is 108 Å². The summed E-state index contributed by atoms with van der Waals surface area (Å²) < 4.78 is 5.29. The van der Waals surface area contributed by atoms with Crippen LogP contribution in [0.1, 0.15) is 20.3 Å². The second-order valence-electron chi connectivity index (χ2n) is 4.25. The minimum Gasteiger partial charge on any atom is -0.377 e. The highest BCUT2D eigenvalue weighted by molar-refractivity contribution is 5.88. The van der Waals surface area contributed by atoms with Crippen LogP contribution in [0, 0.1) is 0 Å². The molecule has 0 aliphatic carbocycles. The standard InChI is InChI=1S/C12H23N3O3/c1-3-5-14-12(17)10-9-18-7-6-15(10)11(16)8-13-4-2/h10,13H,3-9H2,1-2H3,(H,14,17). The largest absolute Gasteiger partial charge is 0.377 e. The van der Waals surface area contributed by atoms with Gasteiger partial charge in [0.2, 0.25) is 11.8 Å². The van der Waals surface area contributed by atoms with Crippen LogP contribution in [0.25, 0.3) is 0 Å². The number of nitrogens with one attached hydrogen (secondary N) is 2.